The van der Waals surface area contributed by atoms with Crippen LogP contribution in [-0.4, -0.2) is 33.8 Å². The average molecular weight is 406 g/mol. The zero-order valence-corrected chi connectivity index (χ0v) is 17.0. The van der Waals surface area contributed by atoms with Crippen LogP contribution in [-0.2, 0) is 22.4 Å². The Balaban J connectivity index is 1.48. The summed E-state index contributed by atoms with van der Waals surface area (Å²) in [5, 5.41) is 4.76. The van der Waals surface area contributed by atoms with Gasteiger partial charge in [0.15, 0.2) is 10.9 Å². The smallest absolute Gasteiger partial charge is 0.196 e. The Morgan fingerprint density at radius 1 is 1.21 bits per heavy atom. The molecule has 3 heterocycles. The Morgan fingerprint density at radius 3 is 2.71 bits per heavy atom. The quantitative estimate of drug-likeness (QED) is 0.654. The van der Waals surface area contributed by atoms with E-state index in [4.69, 9.17) is 4.74 Å². The maximum atomic E-state index is 13.3. The van der Waals surface area contributed by atoms with E-state index < -0.39 is 0 Å². The molecule has 7 heteroatoms. The molecular formula is C21H28FN3O2S. The largest absolute Gasteiger partial charge is 0.381 e. The zero-order chi connectivity index (χ0) is 19.3. The van der Waals surface area contributed by atoms with Crippen LogP contribution in [0, 0.1) is 17.0 Å². The number of hydrogen-bond donors (Lipinski definition) is 0. The molecule has 0 unspecified atom stereocenters. The topological polar surface area (TPSA) is 57.0 Å². The van der Waals surface area contributed by atoms with Gasteiger partial charge < -0.3 is 4.74 Å². The molecule has 2 aromatic rings. The molecule has 0 amide bonds. The molecule has 0 radical (unpaired) electrons. The van der Waals surface area contributed by atoms with Crippen LogP contribution in [0.5, 0.6) is 0 Å². The average Bonchev–Trinajstić information content (AvgIpc) is 3.44. The molecule has 28 heavy (non-hydrogen) atoms. The third kappa shape index (κ3) is 5.06. The number of ketones is 1. The first-order valence-electron chi connectivity index (χ1n) is 10.4. The number of carbonyl (C=O) groups is 1. The van der Waals surface area contributed by atoms with Gasteiger partial charge >= 0.3 is 0 Å². The van der Waals surface area contributed by atoms with Crippen molar-refractivity contribution in [3.8, 4) is 0 Å². The van der Waals surface area contributed by atoms with Crippen LogP contribution < -0.4 is 0 Å². The normalized spacial score (nSPS) is 19.9. The third-order valence-corrected chi connectivity index (χ3v) is 6.88. The lowest BCUT2D eigenvalue weighted by Gasteiger charge is -2.26. The van der Waals surface area contributed by atoms with Crippen LogP contribution in [0.25, 0.3) is 0 Å². The highest BCUT2D eigenvalue weighted by Crippen LogP contribution is 2.30. The van der Waals surface area contributed by atoms with Gasteiger partial charge in [0.25, 0.3) is 0 Å². The maximum absolute atomic E-state index is 13.3. The van der Waals surface area contributed by atoms with Crippen LogP contribution in [0.15, 0.2) is 18.6 Å². The van der Waals surface area contributed by atoms with Gasteiger partial charge in [-0.15, -0.1) is 0 Å². The molecule has 0 aromatic carbocycles. The Bertz CT molecular complexity index is 778. The summed E-state index contributed by atoms with van der Waals surface area (Å²) in [5.74, 6) is 1.27. The van der Waals surface area contributed by atoms with Crippen LogP contribution in [0.2, 0.25) is 0 Å². The monoisotopic (exact) mass is 405 g/mol. The molecule has 1 aliphatic heterocycles. The molecular weight excluding hydrogens is 377 g/mol. The number of halogens is 1. The summed E-state index contributed by atoms with van der Waals surface area (Å²) >= 11 is 0.953. The first kappa shape index (κ1) is 19.7. The van der Waals surface area contributed by atoms with Gasteiger partial charge in [0.05, 0.1) is 18.8 Å². The van der Waals surface area contributed by atoms with Crippen molar-refractivity contribution in [1.82, 2.24) is 14.8 Å². The van der Waals surface area contributed by atoms with E-state index >= 15 is 0 Å². The van der Waals surface area contributed by atoms with Gasteiger partial charge in [-0.2, -0.15) is 9.49 Å². The summed E-state index contributed by atoms with van der Waals surface area (Å²) in [5.41, 5.74) is 1.22. The van der Waals surface area contributed by atoms with Crippen molar-refractivity contribution in [2.24, 2.45) is 11.8 Å². The highest BCUT2D eigenvalue weighted by Gasteiger charge is 2.28. The number of thiazole rings is 1. The van der Waals surface area contributed by atoms with Crippen LogP contribution in [0.3, 0.4) is 0 Å². The van der Waals surface area contributed by atoms with Crippen molar-refractivity contribution in [2.75, 3.05) is 13.2 Å². The fraction of sp³-hybridized carbons (Fsp3) is 0.667. The molecule has 5 nitrogen and oxygen atoms in total. The van der Waals surface area contributed by atoms with Crippen molar-refractivity contribution in [2.45, 2.75) is 63.8 Å². The number of ether oxygens (including phenoxy) is 1. The summed E-state index contributed by atoms with van der Waals surface area (Å²) in [6.45, 7) is 1.52. The Morgan fingerprint density at radius 2 is 2.00 bits per heavy atom. The molecule has 2 fully saturated rings. The summed E-state index contributed by atoms with van der Waals surface area (Å²) in [6.07, 6.45) is 14.4. The van der Waals surface area contributed by atoms with Crippen LogP contribution >= 0.6 is 11.3 Å². The first-order valence-corrected chi connectivity index (χ1v) is 11.2. The molecule has 2 aromatic heterocycles. The predicted octanol–water partition coefficient (Wildman–Crippen LogP) is 4.38. The number of rotatable bonds is 8. The molecule has 152 valence electrons. The molecule has 0 bridgehead atoms. The van der Waals surface area contributed by atoms with E-state index in [0.717, 1.165) is 56.2 Å². The highest BCUT2D eigenvalue weighted by molar-refractivity contribution is 7.10. The highest BCUT2D eigenvalue weighted by atomic mass is 32.1. The Labute approximate surface area is 169 Å². The fourth-order valence-electron chi connectivity index (χ4n) is 4.52. The molecule has 0 N–H and O–H groups in total. The molecule has 0 spiro atoms. The fourth-order valence-corrected chi connectivity index (χ4v) is 5.17. The lowest BCUT2D eigenvalue weighted by Crippen LogP contribution is -2.27. The van der Waals surface area contributed by atoms with Gasteiger partial charge in [-0.3, -0.25) is 9.48 Å². The van der Waals surface area contributed by atoms with E-state index in [9.17, 15) is 9.18 Å². The molecule has 1 saturated carbocycles. The van der Waals surface area contributed by atoms with Crippen molar-refractivity contribution in [1.29, 1.82) is 0 Å². The minimum Gasteiger partial charge on any atom is -0.381 e. The summed E-state index contributed by atoms with van der Waals surface area (Å²) in [6, 6.07) is -0.313. The van der Waals surface area contributed by atoms with Gasteiger partial charge in [-0.1, -0.05) is 37.0 Å². The lowest BCUT2D eigenvalue weighted by molar-refractivity contribution is -0.122. The minimum atomic E-state index is -0.346. The molecule has 1 saturated heterocycles. The zero-order valence-electron chi connectivity index (χ0n) is 16.2. The SMILES string of the molecule is O=C(Cc1ncc(F)s1)[C@@H](CC1CCOCC1)n1cc(CC2CCCC2)cn1. The van der Waals surface area contributed by atoms with Gasteiger partial charge in [0, 0.05) is 19.4 Å². The number of carbonyl (C=O) groups excluding carboxylic acids is 1. The predicted molar refractivity (Wildman–Crippen MR) is 106 cm³/mol. The van der Waals surface area contributed by atoms with Gasteiger partial charge in [-0.25, -0.2) is 4.98 Å². The number of hydrogen-bond acceptors (Lipinski definition) is 5. The third-order valence-electron chi connectivity index (χ3n) is 6.09. The standard InChI is InChI=1S/C21H28FN3O2S/c22-20-13-23-21(28-20)11-19(26)18(10-16-5-7-27-8-6-16)25-14-17(12-24-25)9-15-3-1-2-4-15/h12-16,18H,1-11H2/t18-/m1/s1. The van der Waals surface area contributed by atoms with E-state index in [1.807, 2.05) is 10.9 Å². The molecule has 2 aliphatic rings. The Hall–Kier alpha value is -1.60. The van der Waals surface area contributed by atoms with E-state index in [1.54, 1.807) is 0 Å². The van der Waals surface area contributed by atoms with E-state index in [1.165, 1.54) is 37.4 Å². The first-order chi connectivity index (χ1) is 13.7. The maximum Gasteiger partial charge on any atom is 0.196 e. The Kier molecular flexibility index (Phi) is 6.52. The molecule has 1 atom stereocenters. The minimum absolute atomic E-state index is 0.0661. The van der Waals surface area contributed by atoms with Crippen molar-refractivity contribution in [3.05, 3.63) is 34.3 Å². The number of aromatic nitrogens is 3. The van der Waals surface area contributed by atoms with Gasteiger partial charge in [-0.05, 0) is 43.1 Å². The van der Waals surface area contributed by atoms with Crippen molar-refractivity contribution < 1.29 is 13.9 Å². The van der Waals surface area contributed by atoms with Gasteiger partial charge in [0.2, 0.25) is 0 Å². The lowest BCUT2D eigenvalue weighted by atomic mass is 9.90. The second kappa shape index (κ2) is 9.27. The summed E-state index contributed by atoms with van der Waals surface area (Å²) in [7, 11) is 0. The van der Waals surface area contributed by atoms with Crippen molar-refractivity contribution in [3.63, 3.8) is 0 Å². The van der Waals surface area contributed by atoms with Crippen LogP contribution in [0.4, 0.5) is 4.39 Å². The van der Waals surface area contributed by atoms with E-state index in [0.29, 0.717) is 10.9 Å². The van der Waals surface area contributed by atoms with Crippen molar-refractivity contribution >= 4 is 17.1 Å². The second-order valence-corrected chi connectivity index (χ2v) is 9.26. The second-order valence-electron chi connectivity index (χ2n) is 8.19. The van der Waals surface area contributed by atoms with Crippen LogP contribution in [0.1, 0.15) is 61.6 Å². The molecule has 4 rings (SSSR count). The molecule has 1 aliphatic carbocycles. The van der Waals surface area contributed by atoms with E-state index in [-0.39, 0.29) is 23.4 Å². The summed E-state index contributed by atoms with van der Waals surface area (Å²) < 4.78 is 20.6. The van der Waals surface area contributed by atoms with Gasteiger partial charge in [0.1, 0.15) is 11.0 Å². The summed E-state index contributed by atoms with van der Waals surface area (Å²) in [4.78, 5) is 17.1. The van der Waals surface area contributed by atoms with E-state index in [2.05, 4.69) is 16.3 Å². The number of nitrogens with zero attached hydrogens (tertiary/aromatic N) is 3. The number of Topliss-reactive ketones (excluding diaryl/α,β-unsaturated/α-hetero) is 1.